The van der Waals surface area contributed by atoms with Crippen molar-refractivity contribution < 1.29 is 14.7 Å². The van der Waals surface area contributed by atoms with Gasteiger partial charge in [0.05, 0.1) is 17.9 Å². The van der Waals surface area contributed by atoms with Crippen LogP contribution in [0.25, 0.3) is 0 Å². The maximum atomic E-state index is 11.6. The van der Waals surface area contributed by atoms with Crippen molar-refractivity contribution in [1.29, 1.82) is 0 Å². The van der Waals surface area contributed by atoms with E-state index in [1.54, 1.807) is 0 Å². The monoisotopic (exact) mass is 251 g/mol. The van der Waals surface area contributed by atoms with Crippen molar-refractivity contribution in [3.05, 3.63) is 29.6 Å². The number of aromatic nitrogens is 1. The van der Waals surface area contributed by atoms with Crippen molar-refractivity contribution in [1.82, 2.24) is 15.6 Å². The van der Waals surface area contributed by atoms with Gasteiger partial charge in [0.15, 0.2) is 0 Å². The van der Waals surface area contributed by atoms with Gasteiger partial charge < -0.3 is 10.4 Å². The molecular weight excluding hydrogens is 234 g/mol. The lowest BCUT2D eigenvalue weighted by molar-refractivity contribution is 0.0963. The number of nitrogens with zero attached hydrogens (tertiary/aromatic N) is 1. The minimum Gasteiger partial charge on any atom is -0.390 e. The fourth-order valence-electron chi connectivity index (χ4n) is 1.25. The summed E-state index contributed by atoms with van der Waals surface area (Å²) in [5, 5.41) is 13.6. The maximum Gasteiger partial charge on any atom is 0.321 e. The molecular formula is C12H17N3O3. The second-order valence-electron chi connectivity index (χ2n) is 3.76. The zero-order chi connectivity index (χ0) is 13.4. The molecule has 3 amide bonds. The molecule has 6 heteroatoms. The summed E-state index contributed by atoms with van der Waals surface area (Å²) in [6, 6.07) is 2.52. The molecule has 98 valence electrons. The van der Waals surface area contributed by atoms with Crippen LogP contribution in [0.4, 0.5) is 4.79 Å². The van der Waals surface area contributed by atoms with Gasteiger partial charge in [-0.3, -0.25) is 15.1 Å². The van der Waals surface area contributed by atoms with E-state index in [0.29, 0.717) is 12.2 Å². The molecule has 18 heavy (non-hydrogen) atoms. The number of urea groups is 1. The van der Waals surface area contributed by atoms with Gasteiger partial charge in [0.2, 0.25) is 0 Å². The Balaban J connectivity index is 2.46. The van der Waals surface area contributed by atoms with Gasteiger partial charge in [-0.05, 0) is 18.6 Å². The number of carbonyl (C=O) groups excluding carboxylic acids is 2. The van der Waals surface area contributed by atoms with Gasteiger partial charge in [0.25, 0.3) is 5.91 Å². The van der Waals surface area contributed by atoms with Gasteiger partial charge in [-0.25, -0.2) is 4.79 Å². The fraction of sp³-hybridized carbons (Fsp3) is 0.417. The molecule has 0 saturated heterocycles. The Bertz CT molecular complexity index is 404. The largest absolute Gasteiger partial charge is 0.390 e. The van der Waals surface area contributed by atoms with Crippen molar-refractivity contribution in [2.24, 2.45) is 0 Å². The predicted octanol–water partition coefficient (Wildman–Crippen LogP) is 0.813. The van der Waals surface area contributed by atoms with Gasteiger partial charge >= 0.3 is 6.03 Å². The number of unbranched alkanes of at least 4 members (excludes halogenated alkanes) is 1. The smallest absolute Gasteiger partial charge is 0.321 e. The third kappa shape index (κ3) is 4.50. The highest BCUT2D eigenvalue weighted by atomic mass is 16.3. The number of pyridine rings is 1. The van der Waals surface area contributed by atoms with Crippen molar-refractivity contribution in [2.75, 3.05) is 6.54 Å². The Morgan fingerprint density at radius 3 is 2.72 bits per heavy atom. The molecule has 1 aromatic heterocycles. The predicted molar refractivity (Wildman–Crippen MR) is 65.9 cm³/mol. The molecule has 0 bridgehead atoms. The fourth-order valence-corrected chi connectivity index (χ4v) is 1.25. The second kappa shape index (κ2) is 7.39. The average Bonchev–Trinajstić information content (AvgIpc) is 2.39. The van der Waals surface area contributed by atoms with Crippen LogP contribution in [0.15, 0.2) is 18.3 Å². The molecule has 1 rings (SSSR count). The standard InChI is InChI=1S/C12H17N3O3/c1-2-3-6-13-12(18)15-11(17)9-4-5-10(8-16)14-7-9/h4-5,7,16H,2-3,6,8H2,1H3,(H2,13,15,17,18). The normalized spacial score (nSPS) is 9.89. The molecule has 1 heterocycles. The highest BCUT2D eigenvalue weighted by Crippen LogP contribution is 2.00. The van der Waals surface area contributed by atoms with E-state index in [2.05, 4.69) is 15.6 Å². The molecule has 0 unspecified atom stereocenters. The molecule has 0 spiro atoms. The van der Waals surface area contributed by atoms with E-state index in [-0.39, 0.29) is 12.2 Å². The van der Waals surface area contributed by atoms with Gasteiger partial charge in [-0.15, -0.1) is 0 Å². The van der Waals surface area contributed by atoms with Gasteiger partial charge in [0, 0.05) is 12.7 Å². The van der Waals surface area contributed by atoms with E-state index >= 15 is 0 Å². The molecule has 0 aliphatic heterocycles. The van der Waals surface area contributed by atoms with E-state index in [1.807, 2.05) is 6.92 Å². The summed E-state index contributed by atoms with van der Waals surface area (Å²) >= 11 is 0. The van der Waals surface area contributed by atoms with E-state index < -0.39 is 11.9 Å². The minimum absolute atomic E-state index is 0.181. The van der Waals surface area contributed by atoms with E-state index in [4.69, 9.17) is 5.11 Å². The van der Waals surface area contributed by atoms with E-state index in [9.17, 15) is 9.59 Å². The lowest BCUT2D eigenvalue weighted by Gasteiger charge is -2.06. The zero-order valence-electron chi connectivity index (χ0n) is 10.3. The van der Waals surface area contributed by atoms with Crippen LogP contribution in [0.3, 0.4) is 0 Å². The van der Waals surface area contributed by atoms with Crippen molar-refractivity contribution in [3.63, 3.8) is 0 Å². The summed E-state index contributed by atoms with van der Waals surface area (Å²) < 4.78 is 0. The summed E-state index contributed by atoms with van der Waals surface area (Å²) in [6.45, 7) is 2.37. The average molecular weight is 251 g/mol. The van der Waals surface area contributed by atoms with Crippen LogP contribution in [0, 0.1) is 0 Å². The molecule has 0 aliphatic rings. The molecule has 3 N–H and O–H groups in total. The Hall–Kier alpha value is -1.95. The number of aliphatic hydroxyl groups excluding tert-OH is 1. The minimum atomic E-state index is -0.514. The molecule has 6 nitrogen and oxygen atoms in total. The number of hydrogen-bond donors (Lipinski definition) is 3. The zero-order valence-corrected chi connectivity index (χ0v) is 10.3. The summed E-state index contributed by atoms with van der Waals surface area (Å²) in [4.78, 5) is 26.8. The molecule has 0 aromatic carbocycles. The summed E-state index contributed by atoms with van der Waals surface area (Å²) in [5.74, 6) is -0.513. The molecule has 1 aromatic rings. The molecule has 0 saturated carbocycles. The third-order valence-corrected chi connectivity index (χ3v) is 2.29. The SMILES string of the molecule is CCCCNC(=O)NC(=O)c1ccc(CO)nc1. The van der Waals surface area contributed by atoms with Crippen LogP contribution >= 0.6 is 0 Å². The lowest BCUT2D eigenvalue weighted by atomic mass is 10.2. The third-order valence-electron chi connectivity index (χ3n) is 2.29. The first-order chi connectivity index (χ1) is 8.67. The molecule has 0 fully saturated rings. The van der Waals surface area contributed by atoms with Crippen LogP contribution in [0.5, 0.6) is 0 Å². The topological polar surface area (TPSA) is 91.3 Å². The molecule has 0 atom stereocenters. The summed E-state index contributed by atoms with van der Waals surface area (Å²) in [6.07, 6.45) is 3.16. The Morgan fingerprint density at radius 2 is 2.17 bits per heavy atom. The number of rotatable bonds is 5. The molecule has 0 radical (unpaired) electrons. The number of hydrogen-bond acceptors (Lipinski definition) is 4. The van der Waals surface area contributed by atoms with Crippen LogP contribution in [0.1, 0.15) is 35.8 Å². The quantitative estimate of drug-likeness (QED) is 0.675. The number of imide groups is 1. The first-order valence-corrected chi connectivity index (χ1v) is 5.82. The summed E-state index contributed by atoms with van der Waals surface area (Å²) in [7, 11) is 0. The second-order valence-corrected chi connectivity index (χ2v) is 3.76. The van der Waals surface area contributed by atoms with Crippen molar-refractivity contribution in [3.8, 4) is 0 Å². The Labute approximate surface area is 105 Å². The van der Waals surface area contributed by atoms with Crippen LogP contribution < -0.4 is 10.6 Å². The van der Waals surface area contributed by atoms with Gasteiger partial charge in [-0.2, -0.15) is 0 Å². The number of amides is 3. The summed E-state index contributed by atoms with van der Waals surface area (Å²) in [5.41, 5.74) is 0.747. The first-order valence-electron chi connectivity index (χ1n) is 5.82. The molecule has 0 aliphatic carbocycles. The number of nitrogens with one attached hydrogen (secondary N) is 2. The van der Waals surface area contributed by atoms with E-state index in [1.165, 1.54) is 18.3 Å². The highest BCUT2D eigenvalue weighted by Gasteiger charge is 2.09. The van der Waals surface area contributed by atoms with Gasteiger partial charge in [0.1, 0.15) is 0 Å². The first kappa shape index (κ1) is 14.1. The van der Waals surface area contributed by atoms with E-state index in [0.717, 1.165) is 12.8 Å². The van der Waals surface area contributed by atoms with Crippen LogP contribution in [0.2, 0.25) is 0 Å². The van der Waals surface area contributed by atoms with Gasteiger partial charge in [-0.1, -0.05) is 13.3 Å². The van der Waals surface area contributed by atoms with Crippen molar-refractivity contribution >= 4 is 11.9 Å². The highest BCUT2D eigenvalue weighted by molar-refractivity contribution is 6.03. The van der Waals surface area contributed by atoms with Crippen molar-refractivity contribution in [2.45, 2.75) is 26.4 Å². The lowest BCUT2D eigenvalue weighted by Crippen LogP contribution is -2.39. The number of carbonyl (C=O) groups is 2. The maximum absolute atomic E-state index is 11.6. The number of aliphatic hydroxyl groups is 1. The van der Waals surface area contributed by atoms with Crippen LogP contribution in [-0.2, 0) is 6.61 Å². The Morgan fingerprint density at radius 1 is 1.39 bits per heavy atom. The van der Waals surface area contributed by atoms with Crippen LogP contribution in [-0.4, -0.2) is 28.6 Å². The Kier molecular flexibility index (Phi) is 5.79.